The number of nitrogens with one attached hydrogen (secondary N) is 1. The zero-order chi connectivity index (χ0) is 23.8. The van der Waals surface area contributed by atoms with E-state index in [0.29, 0.717) is 11.5 Å². The van der Waals surface area contributed by atoms with Crippen LogP contribution in [0.3, 0.4) is 0 Å². The fourth-order valence-electron chi connectivity index (χ4n) is 3.22. The molecule has 0 saturated carbocycles. The van der Waals surface area contributed by atoms with Crippen LogP contribution in [0.15, 0.2) is 75.7 Å². The van der Waals surface area contributed by atoms with Gasteiger partial charge in [-0.25, -0.2) is 0 Å². The maximum atomic E-state index is 12.4. The third-order valence-electron chi connectivity index (χ3n) is 5.12. The minimum atomic E-state index is -4.44. The van der Waals surface area contributed by atoms with Crippen molar-refractivity contribution in [1.29, 1.82) is 0 Å². The van der Waals surface area contributed by atoms with Crippen molar-refractivity contribution in [2.45, 2.75) is 37.9 Å². The van der Waals surface area contributed by atoms with E-state index in [-0.39, 0.29) is 23.3 Å². The molecule has 0 bridgehead atoms. The SMILES string of the molecule is CNC1=CC(C2(C)CCSC(N)=N2)=CCC=C1.COC1=CC=C(C=O)C=C(C(F)(F)F)C1. The summed E-state index contributed by atoms with van der Waals surface area (Å²) in [5, 5.41) is 3.89. The molecule has 0 amide bonds. The third kappa shape index (κ3) is 7.19. The molecule has 3 N–H and O–H groups in total. The molecule has 0 aromatic heterocycles. The Morgan fingerprint density at radius 3 is 2.66 bits per heavy atom. The van der Waals surface area contributed by atoms with Gasteiger partial charge in [-0.3, -0.25) is 9.79 Å². The van der Waals surface area contributed by atoms with Crippen LogP contribution in [0.1, 0.15) is 26.2 Å². The van der Waals surface area contributed by atoms with E-state index in [1.807, 2.05) is 7.05 Å². The lowest BCUT2D eigenvalue weighted by Gasteiger charge is -2.30. The van der Waals surface area contributed by atoms with E-state index in [1.165, 1.54) is 24.8 Å². The summed E-state index contributed by atoms with van der Waals surface area (Å²) in [5.41, 5.74) is 7.28. The average Bonchev–Trinajstić information content (AvgIpc) is 3.12. The van der Waals surface area contributed by atoms with Gasteiger partial charge in [0.05, 0.1) is 18.4 Å². The highest BCUT2D eigenvalue weighted by molar-refractivity contribution is 8.13. The number of aldehydes is 1. The summed E-state index contributed by atoms with van der Waals surface area (Å²) in [6.07, 6.45) is 9.75. The summed E-state index contributed by atoms with van der Waals surface area (Å²) in [6.45, 7) is 2.17. The molecule has 3 aliphatic rings. The second-order valence-corrected chi connectivity index (χ2v) is 8.55. The number of thioether (sulfide) groups is 1. The molecule has 1 heterocycles. The first-order chi connectivity index (χ1) is 15.1. The van der Waals surface area contributed by atoms with Crippen LogP contribution in [0.2, 0.25) is 0 Å². The Kier molecular flexibility index (Phi) is 9.00. The Labute approximate surface area is 190 Å². The van der Waals surface area contributed by atoms with E-state index in [1.54, 1.807) is 11.8 Å². The third-order valence-corrected chi connectivity index (χ3v) is 5.91. The van der Waals surface area contributed by atoms with Crippen molar-refractivity contribution in [2.75, 3.05) is 19.9 Å². The van der Waals surface area contributed by atoms with Gasteiger partial charge in [0, 0.05) is 36.1 Å². The zero-order valence-electron chi connectivity index (χ0n) is 18.3. The van der Waals surface area contributed by atoms with Crippen LogP contribution in [0.25, 0.3) is 0 Å². The highest BCUT2D eigenvalue weighted by Gasteiger charge is 2.34. The first-order valence-corrected chi connectivity index (χ1v) is 11.0. The number of carbonyl (C=O) groups is 1. The van der Waals surface area contributed by atoms with Crippen molar-refractivity contribution < 1.29 is 22.7 Å². The van der Waals surface area contributed by atoms with Gasteiger partial charge in [0.1, 0.15) is 6.29 Å². The predicted octanol–water partition coefficient (Wildman–Crippen LogP) is 4.72. The fourth-order valence-corrected chi connectivity index (χ4v) is 4.20. The topological polar surface area (TPSA) is 76.7 Å². The van der Waals surface area contributed by atoms with Gasteiger partial charge in [0.15, 0.2) is 5.17 Å². The lowest BCUT2D eigenvalue weighted by molar-refractivity contribution is -0.104. The van der Waals surface area contributed by atoms with Crippen LogP contribution in [0.5, 0.6) is 0 Å². The van der Waals surface area contributed by atoms with Gasteiger partial charge in [0.2, 0.25) is 0 Å². The molecule has 0 aromatic carbocycles. The number of hydrogen-bond donors (Lipinski definition) is 2. The van der Waals surface area contributed by atoms with E-state index < -0.39 is 11.7 Å². The number of hydrogen-bond acceptors (Lipinski definition) is 6. The number of ether oxygens (including phenoxy) is 1. The Morgan fingerprint density at radius 2 is 2.06 bits per heavy atom. The minimum Gasteiger partial charge on any atom is -0.501 e. The van der Waals surface area contributed by atoms with Crippen molar-refractivity contribution in [3.05, 3.63) is 70.7 Å². The second-order valence-electron chi connectivity index (χ2n) is 7.44. The van der Waals surface area contributed by atoms with Gasteiger partial charge in [-0.05, 0) is 55.7 Å². The van der Waals surface area contributed by atoms with Gasteiger partial charge < -0.3 is 15.8 Å². The first-order valence-electron chi connectivity index (χ1n) is 10.0. The van der Waals surface area contributed by atoms with E-state index in [4.69, 9.17) is 10.5 Å². The van der Waals surface area contributed by atoms with Gasteiger partial charge in [-0.1, -0.05) is 23.9 Å². The number of allylic oxidation sites excluding steroid dienone is 8. The maximum Gasteiger partial charge on any atom is 0.413 e. The molecular formula is C23H28F3N3O2S. The number of carbonyl (C=O) groups excluding carboxylic acids is 1. The van der Waals surface area contributed by atoms with E-state index >= 15 is 0 Å². The molecule has 0 saturated heterocycles. The monoisotopic (exact) mass is 467 g/mol. The summed E-state index contributed by atoms with van der Waals surface area (Å²) in [5.74, 6) is 1.22. The standard InChI is InChI=1S/C13H19N3S.C10H9F3O2/c1-13(7-8-17-12(14)16-13)10-5-3-4-6-11(9-10)15-2;1-15-9-3-2-7(6-14)4-8(5-9)10(11,12)13/h4-6,9,15H,3,7-8H2,1-2H3,(H2,14,16);2-4,6H,5H2,1H3. The highest BCUT2D eigenvalue weighted by atomic mass is 32.2. The second kappa shape index (κ2) is 11.3. The fraction of sp³-hybridized carbons (Fsp3) is 0.391. The number of nitrogens with two attached hydrogens (primary N) is 1. The van der Waals surface area contributed by atoms with Crippen molar-refractivity contribution in [3.63, 3.8) is 0 Å². The molecule has 174 valence electrons. The zero-order valence-corrected chi connectivity index (χ0v) is 19.1. The Morgan fingerprint density at radius 1 is 1.31 bits per heavy atom. The Balaban J connectivity index is 0.000000229. The lowest BCUT2D eigenvalue weighted by Crippen LogP contribution is -2.32. The van der Waals surface area contributed by atoms with Gasteiger partial charge in [0.25, 0.3) is 0 Å². The molecule has 0 radical (unpaired) electrons. The van der Waals surface area contributed by atoms with Crippen molar-refractivity contribution in [1.82, 2.24) is 5.32 Å². The number of alkyl halides is 3. The predicted molar refractivity (Wildman–Crippen MR) is 124 cm³/mol. The molecule has 1 atom stereocenters. The summed E-state index contributed by atoms with van der Waals surface area (Å²) >= 11 is 1.64. The van der Waals surface area contributed by atoms with Crippen LogP contribution in [0.4, 0.5) is 13.2 Å². The van der Waals surface area contributed by atoms with Gasteiger partial charge in [-0.2, -0.15) is 13.2 Å². The molecule has 9 heteroatoms. The highest BCUT2D eigenvalue weighted by Crippen LogP contribution is 2.34. The number of halogens is 3. The smallest absolute Gasteiger partial charge is 0.413 e. The molecule has 0 aromatic rings. The molecule has 2 aliphatic carbocycles. The van der Waals surface area contributed by atoms with Crippen molar-refractivity contribution in [3.8, 4) is 0 Å². The van der Waals surface area contributed by atoms with Crippen LogP contribution in [-0.2, 0) is 9.53 Å². The molecule has 0 fully saturated rings. The molecule has 0 spiro atoms. The van der Waals surface area contributed by atoms with Crippen molar-refractivity contribution >= 4 is 23.2 Å². The molecular weight excluding hydrogens is 439 g/mol. The molecule has 3 rings (SSSR count). The van der Waals surface area contributed by atoms with Crippen LogP contribution >= 0.6 is 11.8 Å². The number of amidine groups is 1. The molecule has 32 heavy (non-hydrogen) atoms. The number of aliphatic imine (C=N–C) groups is 1. The lowest BCUT2D eigenvalue weighted by atomic mass is 9.88. The summed E-state index contributed by atoms with van der Waals surface area (Å²) in [4.78, 5) is 15.1. The first kappa shape index (κ1) is 25.6. The van der Waals surface area contributed by atoms with Gasteiger partial charge >= 0.3 is 6.18 Å². The normalized spacial score (nSPS) is 23.4. The van der Waals surface area contributed by atoms with Crippen LogP contribution in [0, 0.1) is 0 Å². The number of methoxy groups -OCH3 is 1. The Hall–Kier alpha value is -2.68. The molecule has 5 nitrogen and oxygen atoms in total. The number of nitrogens with zero attached hydrogens (tertiary/aromatic N) is 1. The minimum absolute atomic E-state index is 0.0191. The maximum absolute atomic E-state index is 12.4. The quantitative estimate of drug-likeness (QED) is 0.585. The summed E-state index contributed by atoms with van der Waals surface area (Å²) < 4.78 is 42.1. The van der Waals surface area contributed by atoms with E-state index in [2.05, 4.69) is 41.5 Å². The molecule has 1 unspecified atom stereocenters. The number of likely N-dealkylation sites (N-methyl/N-ethyl adjacent to an activating group) is 1. The Bertz CT molecular complexity index is 927. The average molecular weight is 468 g/mol. The summed E-state index contributed by atoms with van der Waals surface area (Å²) in [6, 6.07) is 0. The number of rotatable bonds is 4. The largest absolute Gasteiger partial charge is 0.501 e. The van der Waals surface area contributed by atoms with Crippen LogP contribution in [-0.4, -0.2) is 43.1 Å². The molecule has 1 aliphatic heterocycles. The van der Waals surface area contributed by atoms with E-state index in [0.717, 1.165) is 30.4 Å². The summed E-state index contributed by atoms with van der Waals surface area (Å²) in [7, 11) is 3.23. The van der Waals surface area contributed by atoms with Crippen LogP contribution < -0.4 is 11.1 Å². The van der Waals surface area contributed by atoms with Gasteiger partial charge in [-0.15, -0.1) is 0 Å². The van der Waals surface area contributed by atoms with Crippen molar-refractivity contribution in [2.24, 2.45) is 10.7 Å². The van der Waals surface area contributed by atoms with E-state index in [9.17, 15) is 18.0 Å².